The minimum Gasteiger partial charge on any atom is -0.497 e. The first-order valence-electron chi connectivity index (χ1n) is 7.20. The van der Waals surface area contributed by atoms with E-state index in [2.05, 4.69) is 10.6 Å². The van der Waals surface area contributed by atoms with Gasteiger partial charge in [-0.2, -0.15) is 0 Å². The highest BCUT2D eigenvalue weighted by Gasteiger charge is 2.01. The number of methoxy groups -OCH3 is 1. The van der Waals surface area contributed by atoms with Gasteiger partial charge in [0.25, 0.3) is 0 Å². The fraction of sp³-hybridized carbons (Fsp3) is 0.235. The van der Waals surface area contributed by atoms with Gasteiger partial charge in [0.1, 0.15) is 23.9 Å². The Balaban J connectivity index is 1.62. The molecule has 6 heteroatoms. The molecule has 2 rings (SSSR count). The second-order valence-corrected chi connectivity index (χ2v) is 4.76. The van der Waals surface area contributed by atoms with Crippen molar-refractivity contribution in [3.05, 3.63) is 59.9 Å². The van der Waals surface area contributed by atoms with E-state index in [-0.39, 0.29) is 11.8 Å². The highest BCUT2D eigenvalue weighted by molar-refractivity contribution is 5.73. The smallest absolute Gasteiger partial charge is 0.315 e. The third kappa shape index (κ3) is 5.86. The summed E-state index contributed by atoms with van der Waals surface area (Å²) in [4.78, 5) is 11.6. The van der Waals surface area contributed by atoms with Crippen molar-refractivity contribution >= 4 is 6.03 Å². The molecular weight excluding hydrogens is 299 g/mol. The van der Waals surface area contributed by atoms with Crippen molar-refractivity contribution in [2.24, 2.45) is 0 Å². The van der Waals surface area contributed by atoms with E-state index in [9.17, 15) is 9.18 Å². The van der Waals surface area contributed by atoms with Gasteiger partial charge in [0, 0.05) is 6.54 Å². The number of amides is 2. The Morgan fingerprint density at radius 1 is 1.00 bits per heavy atom. The lowest BCUT2D eigenvalue weighted by atomic mass is 10.2. The van der Waals surface area contributed by atoms with Crippen molar-refractivity contribution in [2.45, 2.75) is 6.54 Å². The van der Waals surface area contributed by atoms with Gasteiger partial charge >= 0.3 is 6.03 Å². The number of benzene rings is 2. The molecule has 0 fully saturated rings. The van der Waals surface area contributed by atoms with E-state index in [1.54, 1.807) is 19.2 Å². The number of halogens is 1. The molecule has 2 N–H and O–H groups in total. The average Bonchev–Trinajstić information content (AvgIpc) is 2.59. The van der Waals surface area contributed by atoms with Crippen LogP contribution in [0.1, 0.15) is 5.56 Å². The molecule has 0 radical (unpaired) electrons. The number of rotatable bonds is 7. The summed E-state index contributed by atoms with van der Waals surface area (Å²) in [7, 11) is 1.61. The number of hydrogen-bond donors (Lipinski definition) is 2. The van der Waals surface area contributed by atoms with Crippen LogP contribution in [0.5, 0.6) is 11.5 Å². The normalized spacial score (nSPS) is 10.0. The van der Waals surface area contributed by atoms with Crippen molar-refractivity contribution in [3.63, 3.8) is 0 Å². The Bertz CT molecular complexity index is 615. The molecule has 2 aromatic carbocycles. The summed E-state index contributed by atoms with van der Waals surface area (Å²) in [5.74, 6) is 1.02. The lowest BCUT2D eigenvalue weighted by Crippen LogP contribution is -2.37. The van der Waals surface area contributed by atoms with E-state index < -0.39 is 0 Å². The molecule has 5 nitrogen and oxygen atoms in total. The first-order chi connectivity index (χ1) is 11.2. The number of urea groups is 1. The monoisotopic (exact) mass is 318 g/mol. The van der Waals surface area contributed by atoms with Crippen LogP contribution in [0.4, 0.5) is 9.18 Å². The highest BCUT2D eigenvalue weighted by atomic mass is 19.1. The zero-order valence-electron chi connectivity index (χ0n) is 12.8. The second-order valence-electron chi connectivity index (χ2n) is 4.76. The fourth-order valence-electron chi connectivity index (χ4n) is 1.85. The van der Waals surface area contributed by atoms with Gasteiger partial charge in [0.05, 0.1) is 13.7 Å². The van der Waals surface area contributed by atoms with Gasteiger partial charge < -0.3 is 20.1 Å². The number of ether oxygens (including phenoxy) is 2. The molecule has 0 bridgehead atoms. The lowest BCUT2D eigenvalue weighted by Gasteiger charge is -2.09. The summed E-state index contributed by atoms with van der Waals surface area (Å²) in [6, 6.07) is 12.9. The zero-order valence-corrected chi connectivity index (χ0v) is 12.8. The molecule has 0 saturated carbocycles. The van der Waals surface area contributed by atoms with Crippen LogP contribution in [-0.2, 0) is 6.54 Å². The van der Waals surface area contributed by atoms with Crippen LogP contribution in [0, 0.1) is 5.82 Å². The minimum absolute atomic E-state index is 0.275. The van der Waals surface area contributed by atoms with Crippen LogP contribution in [0.3, 0.4) is 0 Å². The Morgan fingerprint density at radius 2 is 1.65 bits per heavy atom. The standard InChI is InChI=1S/C17H19FN2O3/c1-22-15-6-2-13(3-7-15)12-20-17(21)19-10-11-23-16-8-4-14(18)5-9-16/h2-9H,10-12H2,1H3,(H2,19,20,21). The van der Waals surface area contributed by atoms with E-state index in [0.717, 1.165) is 11.3 Å². The summed E-state index contributed by atoms with van der Waals surface area (Å²) in [5, 5.41) is 5.43. The molecule has 23 heavy (non-hydrogen) atoms. The molecule has 0 atom stereocenters. The fourth-order valence-corrected chi connectivity index (χ4v) is 1.85. The topological polar surface area (TPSA) is 59.6 Å². The zero-order chi connectivity index (χ0) is 16.5. The van der Waals surface area contributed by atoms with Crippen LogP contribution in [-0.4, -0.2) is 26.3 Å². The predicted molar refractivity (Wildman–Crippen MR) is 85.1 cm³/mol. The van der Waals surface area contributed by atoms with Crippen LogP contribution in [0.2, 0.25) is 0 Å². The van der Waals surface area contributed by atoms with Crippen molar-refractivity contribution in [1.29, 1.82) is 0 Å². The molecule has 2 aromatic rings. The van der Waals surface area contributed by atoms with E-state index in [0.29, 0.717) is 25.4 Å². The molecule has 0 spiro atoms. The first kappa shape index (κ1) is 16.6. The van der Waals surface area contributed by atoms with E-state index in [1.165, 1.54) is 12.1 Å². The largest absolute Gasteiger partial charge is 0.497 e. The summed E-state index contributed by atoms with van der Waals surface area (Å²) in [6.07, 6.45) is 0. The number of hydrogen-bond acceptors (Lipinski definition) is 3. The average molecular weight is 318 g/mol. The van der Waals surface area contributed by atoms with Gasteiger partial charge in [-0.05, 0) is 42.0 Å². The number of nitrogens with one attached hydrogen (secondary N) is 2. The van der Waals surface area contributed by atoms with Crippen LogP contribution < -0.4 is 20.1 Å². The van der Waals surface area contributed by atoms with Crippen LogP contribution in [0.15, 0.2) is 48.5 Å². The summed E-state index contributed by atoms with van der Waals surface area (Å²) in [5.41, 5.74) is 0.975. The third-order valence-corrected chi connectivity index (χ3v) is 3.08. The van der Waals surface area contributed by atoms with E-state index in [4.69, 9.17) is 9.47 Å². The quantitative estimate of drug-likeness (QED) is 0.772. The highest BCUT2D eigenvalue weighted by Crippen LogP contribution is 2.11. The van der Waals surface area contributed by atoms with Crippen molar-refractivity contribution in [2.75, 3.05) is 20.3 Å². The maximum absolute atomic E-state index is 12.7. The maximum Gasteiger partial charge on any atom is 0.315 e. The van der Waals surface area contributed by atoms with E-state index >= 15 is 0 Å². The van der Waals surface area contributed by atoms with Gasteiger partial charge in [-0.1, -0.05) is 12.1 Å². The Morgan fingerprint density at radius 3 is 2.30 bits per heavy atom. The molecule has 0 aliphatic carbocycles. The van der Waals surface area contributed by atoms with Crippen molar-refractivity contribution < 1.29 is 18.7 Å². The third-order valence-electron chi connectivity index (χ3n) is 3.08. The molecule has 0 aliphatic heterocycles. The minimum atomic E-state index is -0.312. The van der Waals surface area contributed by atoms with Gasteiger partial charge in [0.15, 0.2) is 0 Å². The lowest BCUT2D eigenvalue weighted by molar-refractivity contribution is 0.236. The Labute approximate surface area is 134 Å². The van der Waals surface area contributed by atoms with Crippen molar-refractivity contribution in [1.82, 2.24) is 10.6 Å². The van der Waals surface area contributed by atoms with Gasteiger partial charge in [-0.25, -0.2) is 9.18 Å². The molecule has 0 heterocycles. The van der Waals surface area contributed by atoms with E-state index in [1.807, 2.05) is 24.3 Å². The summed E-state index contributed by atoms with van der Waals surface area (Å²) >= 11 is 0. The Hall–Kier alpha value is -2.76. The van der Waals surface area contributed by atoms with Gasteiger partial charge in [-0.3, -0.25) is 0 Å². The molecule has 0 saturated heterocycles. The summed E-state index contributed by atoms with van der Waals surface area (Å²) < 4.78 is 23.2. The van der Waals surface area contributed by atoms with Gasteiger partial charge in [-0.15, -0.1) is 0 Å². The first-order valence-corrected chi connectivity index (χ1v) is 7.20. The maximum atomic E-state index is 12.7. The molecule has 2 amide bonds. The summed E-state index contributed by atoms with van der Waals surface area (Å²) in [6.45, 7) is 1.09. The SMILES string of the molecule is COc1ccc(CNC(=O)NCCOc2ccc(F)cc2)cc1. The number of carbonyl (C=O) groups excluding carboxylic acids is 1. The van der Waals surface area contributed by atoms with Crippen molar-refractivity contribution in [3.8, 4) is 11.5 Å². The molecular formula is C17H19FN2O3. The molecule has 0 aromatic heterocycles. The molecule has 0 aliphatic rings. The van der Waals surface area contributed by atoms with Gasteiger partial charge in [0.2, 0.25) is 0 Å². The van der Waals surface area contributed by atoms with Crippen LogP contribution in [0.25, 0.3) is 0 Å². The molecule has 0 unspecified atom stereocenters. The Kier molecular flexibility index (Phi) is 6.23. The van der Waals surface area contributed by atoms with Crippen LogP contribution >= 0.6 is 0 Å². The molecule has 122 valence electrons. The second kappa shape index (κ2) is 8.63. The number of carbonyl (C=O) groups is 1. The predicted octanol–water partition coefficient (Wildman–Crippen LogP) is 2.71.